The molecule has 0 saturated carbocycles. The predicted molar refractivity (Wildman–Crippen MR) is 48.0 cm³/mol. The van der Waals surface area contributed by atoms with E-state index in [4.69, 9.17) is 5.26 Å². The molecule has 0 aliphatic rings. The minimum atomic E-state index is -0.526. The monoisotopic (exact) mass is 174 g/mol. The largest absolute Gasteiger partial charge is 0.293 e. The first-order valence-corrected chi connectivity index (χ1v) is 4.13. The van der Waals surface area contributed by atoms with Gasteiger partial charge in [-0.15, -0.1) is 0 Å². The van der Waals surface area contributed by atoms with E-state index in [1.165, 1.54) is 0 Å². The summed E-state index contributed by atoms with van der Waals surface area (Å²) in [6.45, 7) is 1.83. The first-order chi connectivity index (χ1) is 6.29. The molecule has 1 unspecified atom stereocenters. The number of hydrogen-bond donors (Lipinski definition) is 0. The third kappa shape index (κ3) is 2.12. The number of nitrogens with zero attached hydrogens (tertiary/aromatic N) is 2. The lowest BCUT2D eigenvalue weighted by atomic mass is 9.98. The van der Waals surface area contributed by atoms with Gasteiger partial charge in [-0.25, -0.2) is 0 Å². The first kappa shape index (κ1) is 9.40. The summed E-state index contributed by atoms with van der Waals surface area (Å²) >= 11 is 0. The molecule has 0 spiro atoms. The molecular weight excluding hydrogens is 164 g/mol. The van der Waals surface area contributed by atoms with Gasteiger partial charge in [0, 0.05) is 18.0 Å². The molecule has 13 heavy (non-hydrogen) atoms. The molecule has 1 heterocycles. The van der Waals surface area contributed by atoms with Crippen molar-refractivity contribution >= 4 is 5.78 Å². The van der Waals surface area contributed by atoms with Crippen molar-refractivity contribution < 1.29 is 4.79 Å². The van der Waals surface area contributed by atoms with Crippen LogP contribution < -0.4 is 0 Å². The molecule has 3 heteroatoms. The van der Waals surface area contributed by atoms with Gasteiger partial charge < -0.3 is 0 Å². The summed E-state index contributed by atoms with van der Waals surface area (Å²) in [6, 6.07) is 5.23. The van der Waals surface area contributed by atoms with Crippen LogP contribution in [0.25, 0.3) is 0 Å². The highest BCUT2D eigenvalue weighted by Gasteiger charge is 2.16. The van der Waals surface area contributed by atoms with E-state index in [-0.39, 0.29) is 5.78 Å². The molecule has 0 bridgehead atoms. The smallest absolute Gasteiger partial charge is 0.180 e. The molecule has 0 aliphatic carbocycles. The van der Waals surface area contributed by atoms with Gasteiger partial charge >= 0.3 is 0 Å². The Kier molecular flexibility index (Phi) is 3.15. The van der Waals surface area contributed by atoms with E-state index in [2.05, 4.69) is 4.98 Å². The fourth-order valence-corrected chi connectivity index (χ4v) is 1.05. The summed E-state index contributed by atoms with van der Waals surface area (Å²) in [5, 5.41) is 8.67. The molecule has 0 aliphatic heterocycles. The zero-order valence-corrected chi connectivity index (χ0v) is 7.40. The number of rotatable bonds is 3. The second kappa shape index (κ2) is 4.36. The van der Waals surface area contributed by atoms with Gasteiger partial charge in [0.05, 0.1) is 6.07 Å². The quantitative estimate of drug-likeness (QED) is 0.656. The zero-order chi connectivity index (χ0) is 9.68. The Morgan fingerprint density at radius 1 is 1.62 bits per heavy atom. The summed E-state index contributed by atoms with van der Waals surface area (Å²) in [4.78, 5) is 15.4. The minimum absolute atomic E-state index is 0.118. The maximum Gasteiger partial charge on any atom is 0.180 e. The van der Waals surface area contributed by atoms with Crippen molar-refractivity contribution in [2.45, 2.75) is 13.3 Å². The van der Waals surface area contributed by atoms with Gasteiger partial charge in [0.25, 0.3) is 0 Å². The van der Waals surface area contributed by atoms with Gasteiger partial charge in [0.1, 0.15) is 5.92 Å². The molecule has 1 atom stereocenters. The lowest BCUT2D eigenvalue weighted by molar-refractivity contribution is 0.0946. The average molecular weight is 174 g/mol. The lowest BCUT2D eigenvalue weighted by Gasteiger charge is -2.03. The number of aromatic nitrogens is 1. The summed E-state index contributed by atoms with van der Waals surface area (Å²) in [5.41, 5.74) is 0.559. The van der Waals surface area contributed by atoms with Crippen molar-refractivity contribution in [1.82, 2.24) is 4.98 Å². The number of carbonyl (C=O) groups excluding carboxylic acids is 1. The highest BCUT2D eigenvalue weighted by atomic mass is 16.1. The molecule has 0 amide bonds. The van der Waals surface area contributed by atoms with Crippen molar-refractivity contribution in [1.29, 1.82) is 5.26 Å². The van der Waals surface area contributed by atoms with E-state index in [1.807, 2.05) is 13.0 Å². The topological polar surface area (TPSA) is 53.8 Å². The molecule has 1 aromatic heterocycles. The van der Waals surface area contributed by atoms with Gasteiger partial charge in [-0.3, -0.25) is 9.78 Å². The molecule has 0 saturated heterocycles. The maximum atomic E-state index is 11.6. The molecule has 0 N–H and O–H groups in total. The van der Waals surface area contributed by atoms with Crippen LogP contribution in [0.3, 0.4) is 0 Å². The number of hydrogen-bond acceptors (Lipinski definition) is 3. The van der Waals surface area contributed by atoms with Crippen LogP contribution >= 0.6 is 0 Å². The predicted octanol–water partition coefficient (Wildman–Crippen LogP) is 1.81. The first-order valence-electron chi connectivity index (χ1n) is 4.13. The Morgan fingerprint density at radius 2 is 2.23 bits per heavy atom. The second-order valence-corrected chi connectivity index (χ2v) is 2.69. The average Bonchev–Trinajstić information content (AvgIpc) is 2.21. The Labute approximate surface area is 77.0 Å². The zero-order valence-electron chi connectivity index (χ0n) is 7.40. The fraction of sp³-hybridized carbons (Fsp3) is 0.300. The van der Waals surface area contributed by atoms with E-state index in [9.17, 15) is 4.79 Å². The Balaban J connectivity index is 2.86. The molecule has 66 valence electrons. The van der Waals surface area contributed by atoms with Crippen LogP contribution in [0.4, 0.5) is 0 Å². The van der Waals surface area contributed by atoms with Gasteiger partial charge in [-0.1, -0.05) is 6.92 Å². The molecule has 1 aromatic rings. The van der Waals surface area contributed by atoms with E-state index < -0.39 is 5.92 Å². The van der Waals surface area contributed by atoms with Gasteiger partial charge in [0.2, 0.25) is 0 Å². The highest BCUT2D eigenvalue weighted by molar-refractivity contribution is 5.99. The van der Waals surface area contributed by atoms with Crippen LogP contribution in [0.1, 0.15) is 23.7 Å². The lowest BCUT2D eigenvalue weighted by Crippen LogP contribution is -2.11. The summed E-state index contributed by atoms with van der Waals surface area (Å²) in [7, 11) is 0. The van der Waals surface area contributed by atoms with E-state index >= 15 is 0 Å². The molecule has 3 nitrogen and oxygen atoms in total. The molecule has 0 radical (unpaired) electrons. The standard InChI is InChI=1S/C10H10N2O/c1-2-8(7-11)10(13)9-3-5-12-6-4-9/h3-6,8H,2H2,1H3. The molecule has 0 aromatic carbocycles. The Bertz CT molecular complexity index is 327. The molecule has 0 fully saturated rings. The van der Waals surface area contributed by atoms with Crippen LogP contribution in [0.5, 0.6) is 0 Å². The Hall–Kier alpha value is -1.69. The van der Waals surface area contributed by atoms with Crippen LogP contribution in [0.15, 0.2) is 24.5 Å². The van der Waals surface area contributed by atoms with Crippen molar-refractivity contribution in [2.75, 3.05) is 0 Å². The van der Waals surface area contributed by atoms with Crippen LogP contribution in [0.2, 0.25) is 0 Å². The number of nitriles is 1. The number of ketones is 1. The third-order valence-electron chi connectivity index (χ3n) is 1.85. The van der Waals surface area contributed by atoms with Gasteiger partial charge in [-0.2, -0.15) is 5.26 Å². The van der Waals surface area contributed by atoms with Crippen molar-refractivity contribution in [3.05, 3.63) is 30.1 Å². The van der Waals surface area contributed by atoms with Crippen LogP contribution in [0, 0.1) is 17.2 Å². The van der Waals surface area contributed by atoms with Gasteiger partial charge in [0.15, 0.2) is 5.78 Å². The van der Waals surface area contributed by atoms with Crippen molar-refractivity contribution in [2.24, 2.45) is 5.92 Å². The van der Waals surface area contributed by atoms with Crippen molar-refractivity contribution in [3.63, 3.8) is 0 Å². The summed E-state index contributed by atoms with van der Waals surface area (Å²) < 4.78 is 0. The van der Waals surface area contributed by atoms with E-state index in [1.54, 1.807) is 24.5 Å². The number of carbonyl (C=O) groups is 1. The maximum absolute atomic E-state index is 11.6. The van der Waals surface area contributed by atoms with E-state index in [0.717, 1.165) is 0 Å². The SMILES string of the molecule is CCC(C#N)C(=O)c1ccncc1. The highest BCUT2D eigenvalue weighted by Crippen LogP contribution is 2.10. The summed E-state index contributed by atoms with van der Waals surface area (Å²) in [6.07, 6.45) is 3.66. The fourth-order valence-electron chi connectivity index (χ4n) is 1.05. The number of Topliss-reactive ketones (excluding diaryl/α,β-unsaturated/α-hetero) is 1. The normalized spacial score (nSPS) is 11.7. The Morgan fingerprint density at radius 3 is 2.69 bits per heavy atom. The van der Waals surface area contributed by atoms with Crippen LogP contribution in [-0.4, -0.2) is 10.8 Å². The van der Waals surface area contributed by atoms with E-state index in [0.29, 0.717) is 12.0 Å². The molecule has 1 rings (SSSR count). The van der Waals surface area contributed by atoms with Gasteiger partial charge in [-0.05, 0) is 18.6 Å². The number of pyridine rings is 1. The molecular formula is C10H10N2O. The third-order valence-corrected chi connectivity index (χ3v) is 1.85. The minimum Gasteiger partial charge on any atom is -0.293 e. The second-order valence-electron chi connectivity index (χ2n) is 2.69. The summed E-state index contributed by atoms with van der Waals surface area (Å²) in [5.74, 6) is -0.644. The van der Waals surface area contributed by atoms with Crippen molar-refractivity contribution in [3.8, 4) is 6.07 Å². The van der Waals surface area contributed by atoms with Crippen LogP contribution in [-0.2, 0) is 0 Å².